The third-order valence-corrected chi connectivity index (χ3v) is 5.28. The lowest BCUT2D eigenvalue weighted by atomic mass is 10.1. The highest BCUT2D eigenvalue weighted by Crippen LogP contribution is 2.24. The lowest BCUT2D eigenvalue weighted by molar-refractivity contribution is -0.892. The second-order valence-corrected chi connectivity index (χ2v) is 7.41. The van der Waals surface area contributed by atoms with E-state index in [-0.39, 0.29) is 5.91 Å². The molecule has 144 valence electrons. The van der Waals surface area contributed by atoms with Crippen molar-refractivity contribution in [2.45, 2.75) is 13.5 Å². The second-order valence-electron chi connectivity index (χ2n) is 6.97. The molecule has 1 heterocycles. The van der Waals surface area contributed by atoms with Crippen molar-refractivity contribution < 1.29 is 14.4 Å². The zero-order valence-electron chi connectivity index (χ0n) is 15.9. The molecular weight excluding hydrogens is 362 g/mol. The molecule has 27 heavy (non-hydrogen) atoms. The van der Waals surface area contributed by atoms with Gasteiger partial charge < -0.3 is 19.9 Å². The molecule has 0 bridgehead atoms. The fraction of sp³-hybridized carbons (Fsp3) is 0.381. The predicted molar refractivity (Wildman–Crippen MR) is 109 cm³/mol. The summed E-state index contributed by atoms with van der Waals surface area (Å²) in [6.07, 6.45) is 0. The highest BCUT2D eigenvalue weighted by molar-refractivity contribution is 6.30. The number of nitrogens with one attached hydrogen (secondary N) is 2. The van der Waals surface area contributed by atoms with Crippen LogP contribution in [0.1, 0.15) is 11.1 Å². The standard InChI is InChI=1S/C21H26ClN3O2/c1-16-3-6-18(22)13-20(16)25-11-9-24(10-12-25)15-21(26)23-14-17-4-7-19(27-2)8-5-17/h3-8,13H,9-12,14-15H2,1-2H3,(H,23,26)/p+1. The first-order chi connectivity index (χ1) is 13.0. The monoisotopic (exact) mass is 388 g/mol. The first-order valence-corrected chi connectivity index (χ1v) is 9.67. The Morgan fingerprint density at radius 1 is 1.19 bits per heavy atom. The molecule has 1 aliphatic rings. The molecule has 5 nitrogen and oxygen atoms in total. The Bertz CT molecular complexity index is 771. The summed E-state index contributed by atoms with van der Waals surface area (Å²) in [5.74, 6) is 0.913. The highest BCUT2D eigenvalue weighted by atomic mass is 35.5. The number of carbonyl (C=O) groups excluding carboxylic acids is 1. The largest absolute Gasteiger partial charge is 0.497 e. The molecular formula is C21H27ClN3O2+. The van der Waals surface area contributed by atoms with Crippen molar-refractivity contribution in [1.82, 2.24) is 5.32 Å². The summed E-state index contributed by atoms with van der Waals surface area (Å²) in [4.78, 5) is 15.9. The van der Waals surface area contributed by atoms with Crippen LogP contribution in [0.4, 0.5) is 5.69 Å². The second kappa shape index (κ2) is 9.11. The number of benzene rings is 2. The fourth-order valence-corrected chi connectivity index (χ4v) is 3.56. The SMILES string of the molecule is COc1ccc(CNC(=O)C[NH+]2CCN(c3cc(Cl)ccc3C)CC2)cc1. The van der Waals surface area contributed by atoms with Crippen molar-refractivity contribution in [3.8, 4) is 5.75 Å². The van der Waals surface area contributed by atoms with Crippen LogP contribution >= 0.6 is 11.6 Å². The average Bonchev–Trinajstić information content (AvgIpc) is 2.69. The maximum Gasteiger partial charge on any atom is 0.275 e. The van der Waals surface area contributed by atoms with Gasteiger partial charge in [-0.1, -0.05) is 29.8 Å². The third-order valence-electron chi connectivity index (χ3n) is 5.04. The van der Waals surface area contributed by atoms with Gasteiger partial charge in [0.05, 0.1) is 33.3 Å². The van der Waals surface area contributed by atoms with Crippen molar-refractivity contribution in [3.63, 3.8) is 0 Å². The number of quaternary nitrogens is 1. The zero-order chi connectivity index (χ0) is 19.2. The van der Waals surface area contributed by atoms with Crippen molar-refractivity contribution >= 4 is 23.2 Å². The maximum atomic E-state index is 12.3. The van der Waals surface area contributed by atoms with Gasteiger partial charge in [0.15, 0.2) is 6.54 Å². The molecule has 0 atom stereocenters. The fourth-order valence-electron chi connectivity index (χ4n) is 3.40. The van der Waals surface area contributed by atoms with Crippen LogP contribution in [0.15, 0.2) is 42.5 Å². The predicted octanol–water partition coefficient (Wildman–Crippen LogP) is 1.68. The minimum atomic E-state index is 0.0909. The Balaban J connectivity index is 1.44. The molecule has 1 saturated heterocycles. The molecule has 1 amide bonds. The Morgan fingerprint density at radius 2 is 1.89 bits per heavy atom. The van der Waals surface area contributed by atoms with Crippen LogP contribution in [0.5, 0.6) is 5.75 Å². The number of hydrogen-bond acceptors (Lipinski definition) is 3. The quantitative estimate of drug-likeness (QED) is 0.791. The lowest BCUT2D eigenvalue weighted by Crippen LogP contribution is -3.15. The average molecular weight is 389 g/mol. The zero-order valence-corrected chi connectivity index (χ0v) is 16.7. The van der Waals surface area contributed by atoms with Crippen LogP contribution < -0.4 is 19.9 Å². The van der Waals surface area contributed by atoms with Crippen LogP contribution in [0.25, 0.3) is 0 Å². The molecule has 2 aromatic carbocycles. The van der Waals surface area contributed by atoms with Crippen LogP contribution in [0, 0.1) is 6.92 Å². The summed E-state index contributed by atoms with van der Waals surface area (Å²) in [7, 11) is 1.65. The normalized spacial score (nSPS) is 14.9. The number of nitrogens with zero attached hydrogens (tertiary/aromatic N) is 1. The van der Waals surface area contributed by atoms with Crippen molar-refractivity contribution in [2.24, 2.45) is 0 Å². The number of rotatable bonds is 6. The number of carbonyl (C=O) groups is 1. The molecule has 2 aromatic rings. The molecule has 6 heteroatoms. The third kappa shape index (κ3) is 5.37. The van der Waals surface area contributed by atoms with Gasteiger partial charge in [-0.15, -0.1) is 0 Å². The van der Waals surface area contributed by atoms with E-state index >= 15 is 0 Å². The first-order valence-electron chi connectivity index (χ1n) is 9.29. The summed E-state index contributed by atoms with van der Waals surface area (Å²) < 4.78 is 5.15. The Morgan fingerprint density at radius 3 is 2.56 bits per heavy atom. The van der Waals surface area contributed by atoms with E-state index < -0.39 is 0 Å². The van der Waals surface area contributed by atoms with Gasteiger partial charge in [0, 0.05) is 17.3 Å². The van der Waals surface area contributed by atoms with Gasteiger partial charge in [0.2, 0.25) is 0 Å². The number of amides is 1. The van der Waals surface area contributed by atoms with E-state index in [9.17, 15) is 4.79 Å². The molecule has 0 aliphatic carbocycles. The van der Waals surface area contributed by atoms with Crippen LogP contribution in [0.2, 0.25) is 5.02 Å². The molecule has 2 N–H and O–H groups in total. The van der Waals surface area contributed by atoms with E-state index in [1.54, 1.807) is 7.11 Å². The number of hydrogen-bond donors (Lipinski definition) is 2. The summed E-state index contributed by atoms with van der Waals surface area (Å²) in [5, 5.41) is 3.78. The Hall–Kier alpha value is -2.24. The van der Waals surface area contributed by atoms with E-state index in [1.165, 1.54) is 16.2 Å². The van der Waals surface area contributed by atoms with E-state index in [2.05, 4.69) is 23.2 Å². The minimum Gasteiger partial charge on any atom is -0.497 e. The summed E-state index contributed by atoms with van der Waals surface area (Å²) in [6.45, 7) is 6.92. The van der Waals surface area contributed by atoms with E-state index in [0.29, 0.717) is 13.1 Å². The molecule has 0 aromatic heterocycles. The smallest absolute Gasteiger partial charge is 0.275 e. The van der Waals surface area contributed by atoms with Gasteiger partial charge in [-0.25, -0.2) is 0 Å². The van der Waals surface area contributed by atoms with Crippen LogP contribution in [-0.2, 0) is 11.3 Å². The van der Waals surface area contributed by atoms with Crippen molar-refractivity contribution in [2.75, 3.05) is 44.7 Å². The van der Waals surface area contributed by atoms with Gasteiger partial charge in [-0.2, -0.15) is 0 Å². The van der Waals surface area contributed by atoms with Gasteiger partial charge >= 0.3 is 0 Å². The Labute approximate surface area is 165 Å². The van der Waals surface area contributed by atoms with Gasteiger partial charge in [0.1, 0.15) is 5.75 Å². The summed E-state index contributed by atoms with van der Waals surface area (Å²) in [5.41, 5.74) is 3.51. The van der Waals surface area contributed by atoms with Gasteiger partial charge in [0.25, 0.3) is 5.91 Å². The van der Waals surface area contributed by atoms with E-state index in [0.717, 1.165) is 42.5 Å². The topological polar surface area (TPSA) is 46.0 Å². The van der Waals surface area contributed by atoms with E-state index in [4.69, 9.17) is 16.3 Å². The minimum absolute atomic E-state index is 0.0909. The maximum absolute atomic E-state index is 12.3. The molecule has 1 aliphatic heterocycles. The lowest BCUT2D eigenvalue weighted by Gasteiger charge is -2.34. The first kappa shape index (κ1) is 19.5. The van der Waals surface area contributed by atoms with Crippen LogP contribution in [-0.4, -0.2) is 45.7 Å². The van der Waals surface area contributed by atoms with Crippen molar-refractivity contribution in [1.29, 1.82) is 0 Å². The summed E-state index contributed by atoms with van der Waals surface area (Å²) in [6, 6.07) is 13.8. The molecule has 0 unspecified atom stereocenters. The number of aryl methyl sites for hydroxylation is 1. The number of piperazine rings is 1. The highest BCUT2D eigenvalue weighted by Gasteiger charge is 2.23. The molecule has 0 saturated carbocycles. The number of methoxy groups -OCH3 is 1. The molecule has 0 spiro atoms. The van der Waals surface area contributed by atoms with Gasteiger partial charge in [-0.3, -0.25) is 4.79 Å². The van der Waals surface area contributed by atoms with Gasteiger partial charge in [-0.05, 0) is 42.3 Å². The number of halogens is 1. The molecule has 1 fully saturated rings. The number of ether oxygens (including phenoxy) is 1. The number of anilines is 1. The molecule has 3 rings (SSSR count). The van der Waals surface area contributed by atoms with E-state index in [1.807, 2.05) is 36.4 Å². The summed E-state index contributed by atoms with van der Waals surface area (Å²) >= 11 is 6.14. The van der Waals surface area contributed by atoms with Crippen molar-refractivity contribution in [3.05, 3.63) is 58.6 Å². The Kier molecular flexibility index (Phi) is 6.58. The molecule has 0 radical (unpaired) electrons. The van der Waals surface area contributed by atoms with Crippen LogP contribution in [0.3, 0.4) is 0 Å².